The van der Waals surface area contributed by atoms with Gasteiger partial charge in [0.1, 0.15) is 25.1 Å². The van der Waals surface area contributed by atoms with Crippen LogP contribution in [0, 0.1) is 6.92 Å². The average molecular weight is 371 g/mol. The number of hydrogen-bond donors (Lipinski definition) is 0. The largest absolute Gasteiger partial charge is 0.363 e. The number of hydrogen-bond acceptors (Lipinski definition) is 9. The number of aryl methyl sites for hydroxylation is 1. The van der Waals surface area contributed by atoms with Gasteiger partial charge in [0.25, 0.3) is 0 Å². The summed E-state index contributed by atoms with van der Waals surface area (Å²) in [5.41, 5.74) is 0.319. The quantitative estimate of drug-likeness (QED) is 0.594. The van der Waals surface area contributed by atoms with E-state index in [4.69, 9.17) is 9.26 Å². The maximum atomic E-state index is 12.5. The second-order valence-electron chi connectivity index (χ2n) is 6.90. The molecule has 0 N–H and O–H groups in total. The first-order valence-corrected chi connectivity index (χ1v) is 8.60. The highest BCUT2D eigenvalue weighted by Gasteiger charge is 2.45. The predicted octanol–water partition coefficient (Wildman–Crippen LogP) is -0.570. The number of nitrogens with zero attached hydrogens (tertiary/aromatic N) is 9. The van der Waals surface area contributed by atoms with E-state index >= 15 is 0 Å². The highest BCUT2D eigenvalue weighted by molar-refractivity contribution is 5.76. The van der Waals surface area contributed by atoms with Gasteiger partial charge in [0.2, 0.25) is 17.5 Å². The molecule has 0 saturated carbocycles. The van der Waals surface area contributed by atoms with Crippen molar-refractivity contribution in [1.82, 2.24) is 45.0 Å². The van der Waals surface area contributed by atoms with Crippen LogP contribution in [0.4, 0.5) is 0 Å². The highest BCUT2D eigenvalue weighted by atomic mass is 16.5. The SMILES string of the molecule is Cc1cc(-c2nnc3n2CC2(CCN(C(=O)Cn4cnnn4)C2)OC3)on1. The molecule has 0 radical (unpaired) electrons. The second-order valence-corrected chi connectivity index (χ2v) is 6.90. The molecule has 2 aliphatic rings. The molecule has 3 aromatic rings. The van der Waals surface area contributed by atoms with Crippen molar-refractivity contribution < 1.29 is 14.1 Å². The molecule has 0 aliphatic carbocycles. The lowest BCUT2D eigenvalue weighted by molar-refractivity contribution is -0.134. The van der Waals surface area contributed by atoms with E-state index in [9.17, 15) is 4.79 Å². The molecule has 2 aliphatic heterocycles. The molecule has 1 spiro atoms. The zero-order valence-corrected chi connectivity index (χ0v) is 14.6. The van der Waals surface area contributed by atoms with Gasteiger partial charge in [0.05, 0.1) is 18.8 Å². The Bertz CT molecular complexity index is 979. The smallest absolute Gasteiger partial charge is 0.244 e. The Morgan fingerprint density at radius 2 is 2.26 bits per heavy atom. The third-order valence-corrected chi connectivity index (χ3v) is 4.99. The summed E-state index contributed by atoms with van der Waals surface area (Å²) in [5, 5.41) is 23.2. The molecule has 1 amide bonds. The van der Waals surface area contributed by atoms with Gasteiger partial charge in [0, 0.05) is 12.6 Å². The van der Waals surface area contributed by atoms with Crippen LogP contribution in [0.25, 0.3) is 11.6 Å². The molecule has 1 fully saturated rings. The summed E-state index contributed by atoms with van der Waals surface area (Å²) < 4.78 is 14.9. The number of ether oxygens (including phenoxy) is 1. The first-order valence-electron chi connectivity index (χ1n) is 8.60. The van der Waals surface area contributed by atoms with E-state index < -0.39 is 5.60 Å². The van der Waals surface area contributed by atoms with Crippen LogP contribution in [0.3, 0.4) is 0 Å². The van der Waals surface area contributed by atoms with Crippen molar-refractivity contribution in [1.29, 1.82) is 0 Å². The molecule has 5 heterocycles. The minimum atomic E-state index is -0.463. The van der Waals surface area contributed by atoms with Crippen LogP contribution in [0.15, 0.2) is 16.9 Å². The lowest BCUT2D eigenvalue weighted by Gasteiger charge is -2.34. The monoisotopic (exact) mass is 371 g/mol. The van der Waals surface area contributed by atoms with Gasteiger partial charge in [-0.25, -0.2) is 4.68 Å². The molecule has 12 nitrogen and oxygen atoms in total. The Labute approximate surface area is 153 Å². The highest BCUT2D eigenvalue weighted by Crippen LogP contribution is 2.34. The van der Waals surface area contributed by atoms with Gasteiger partial charge in [-0.15, -0.1) is 15.3 Å². The number of fused-ring (bicyclic) bond motifs is 1. The molecule has 5 rings (SSSR count). The van der Waals surface area contributed by atoms with E-state index in [-0.39, 0.29) is 12.5 Å². The summed E-state index contributed by atoms with van der Waals surface area (Å²) in [6.45, 7) is 3.99. The fraction of sp³-hybridized carbons (Fsp3) is 0.533. The number of rotatable bonds is 3. The minimum absolute atomic E-state index is 0.0385. The third kappa shape index (κ3) is 2.77. The van der Waals surface area contributed by atoms with Crippen LogP contribution in [-0.2, 0) is 29.2 Å². The summed E-state index contributed by atoms with van der Waals surface area (Å²) >= 11 is 0. The second kappa shape index (κ2) is 5.94. The van der Waals surface area contributed by atoms with E-state index in [2.05, 4.69) is 30.9 Å². The standard InChI is InChI=1S/C15H17N9O3/c1-10-4-11(27-19-10)14-18-17-12-6-26-15(8-24(12)14)2-3-22(7-15)13(25)5-23-9-16-20-21-23/h4,9H,2-3,5-8H2,1H3. The van der Waals surface area contributed by atoms with Gasteiger partial charge in [-0.1, -0.05) is 5.16 Å². The Hall–Kier alpha value is -3.15. The number of likely N-dealkylation sites (tertiary alicyclic amines) is 1. The minimum Gasteiger partial charge on any atom is -0.363 e. The summed E-state index contributed by atoms with van der Waals surface area (Å²) in [5.74, 6) is 1.91. The van der Waals surface area contributed by atoms with E-state index in [0.717, 1.165) is 17.9 Å². The van der Waals surface area contributed by atoms with E-state index in [1.165, 1.54) is 11.0 Å². The summed E-state index contributed by atoms with van der Waals surface area (Å²) in [4.78, 5) is 14.3. The Morgan fingerprint density at radius 1 is 1.33 bits per heavy atom. The van der Waals surface area contributed by atoms with Gasteiger partial charge in [-0.05, 0) is 23.8 Å². The van der Waals surface area contributed by atoms with E-state index in [1.54, 1.807) is 4.90 Å². The fourth-order valence-electron chi connectivity index (χ4n) is 3.61. The normalized spacial score (nSPS) is 21.7. The zero-order chi connectivity index (χ0) is 18.4. The average Bonchev–Trinajstić information content (AvgIpc) is 3.42. The van der Waals surface area contributed by atoms with E-state index in [0.29, 0.717) is 37.8 Å². The van der Waals surface area contributed by atoms with Gasteiger partial charge in [0.15, 0.2) is 5.82 Å². The topological polar surface area (TPSA) is 130 Å². The maximum absolute atomic E-state index is 12.5. The van der Waals surface area contributed by atoms with Crippen molar-refractivity contribution in [3.05, 3.63) is 23.9 Å². The maximum Gasteiger partial charge on any atom is 0.244 e. The number of carbonyl (C=O) groups is 1. The molecule has 3 aromatic heterocycles. The van der Waals surface area contributed by atoms with Crippen LogP contribution in [-0.4, -0.2) is 69.6 Å². The molecule has 1 atom stereocenters. The third-order valence-electron chi connectivity index (χ3n) is 4.99. The molecule has 1 unspecified atom stereocenters. The molecular formula is C15H17N9O3. The lowest BCUT2D eigenvalue weighted by atomic mass is 10.0. The zero-order valence-electron chi connectivity index (χ0n) is 14.6. The van der Waals surface area contributed by atoms with Crippen LogP contribution < -0.4 is 0 Å². The molecular weight excluding hydrogens is 354 g/mol. The Kier molecular flexibility index (Phi) is 3.53. The molecule has 12 heteroatoms. The summed E-state index contributed by atoms with van der Waals surface area (Å²) in [6, 6.07) is 1.83. The Balaban J connectivity index is 1.35. The van der Waals surface area contributed by atoms with Crippen LogP contribution in [0.2, 0.25) is 0 Å². The molecule has 1 saturated heterocycles. The van der Waals surface area contributed by atoms with Crippen molar-refractivity contribution in [2.24, 2.45) is 0 Å². The van der Waals surface area contributed by atoms with Crippen molar-refractivity contribution in [2.45, 2.75) is 38.6 Å². The first kappa shape index (κ1) is 16.1. The predicted molar refractivity (Wildman–Crippen MR) is 86.8 cm³/mol. The van der Waals surface area contributed by atoms with Gasteiger partial charge >= 0.3 is 0 Å². The molecule has 27 heavy (non-hydrogen) atoms. The number of aromatic nitrogens is 8. The van der Waals surface area contributed by atoms with Gasteiger partial charge < -0.3 is 18.7 Å². The van der Waals surface area contributed by atoms with Crippen LogP contribution >= 0.6 is 0 Å². The van der Waals surface area contributed by atoms with Crippen molar-refractivity contribution in [3.8, 4) is 11.6 Å². The van der Waals surface area contributed by atoms with E-state index in [1.807, 2.05) is 17.6 Å². The van der Waals surface area contributed by atoms with Gasteiger partial charge in [-0.3, -0.25) is 4.79 Å². The van der Waals surface area contributed by atoms with Crippen molar-refractivity contribution in [3.63, 3.8) is 0 Å². The first-order chi connectivity index (χ1) is 13.1. The van der Waals surface area contributed by atoms with Crippen molar-refractivity contribution >= 4 is 5.91 Å². The van der Waals surface area contributed by atoms with Crippen LogP contribution in [0.1, 0.15) is 17.9 Å². The summed E-state index contributed by atoms with van der Waals surface area (Å²) in [7, 11) is 0. The van der Waals surface area contributed by atoms with Crippen LogP contribution in [0.5, 0.6) is 0 Å². The molecule has 140 valence electrons. The number of carbonyl (C=O) groups excluding carboxylic acids is 1. The molecule has 0 aromatic carbocycles. The number of amides is 1. The Morgan fingerprint density at radius 3 is 3.04 bits per heavy atom. The molecule has 0 bridgehead atoms. The summed E-state index contributed by atoms with van der Waals surface area (Å²) in [6.07, 6.45) is 2.16. The fourth-order valence-corrected chi connectivity index (χ4v) is 3.61. The van der Waals surface area contributed by atoms with Crippen molar-refractivity contribution in [2.75, 3.05) is 13.1 Å². The lowest BCUT2D eigenvalue weighted by Crippen LogP contribution is -2.45. The van der Waals surface area contributed by atoms with Gasteiger partial charge in [-0.2, -0.15) is 0 Å². The number of tetrazole rings is 1.